The summed E-state index contributed by atoms with van der Waals surface area (Å²) in [6.45, 7) is 12.4. The Morgan fingerprint density at radius 3 is 2.15 bits per heavy atom. The largest absolute Gasteiger partial charge is 0.347 e. The van der Waals surface area contributed by atoms with Crippen LogP contribution in [0, 0.1) is 5.92 Å². The Bertz CT molecular complexity index is 350. The van der Waals surface area contributed by atoms with Gasteiger partial charge in [0.25, 0.3) is 5.91 Å². The Hall–Kier alpha value is -0.290. The number of hydrogen-bond acceptors (Lipinski definition) is 3. The van der Waals surface area contributed by atoms with Crippen molar-refractivity contribution in [1.82, 2.24) is 4.90 Å². The second-order valence-corrected chi connectivity index (χ2v) is 6.54. The first kappa shape index (κ1) is 17.8. The van der Waals surface area contributed by atoms with E-state index in [-0.39, 0.29) is 18.1 Å². The normalized spacial score (nSPS) is 30.4. The molecule has 0 N–H and O–H groups in total. The number of halogens is 2. The summed E-state index contributed by atoms with van der Waals surface area (Å²) in [6, 6.07) is 0. The van der Waals surface area contributed by atoms with Crippen LogP contribution >= 0.6 is 23.2 Å². The topological polar surface area (TPSA) is 38.8 Å². The van der Waals surface area contributed by atoms with Gasteiger partial charge in [-0.1, -0.05) is 42.3 Å². The van der Waals surface area contributed by atoms with Gasteiger partial charge in [-0.05, 0) is 20.8 Å². The number of ether oxygens (including phenoxy) is 2. The summed E-state index contributed by atoms with van der Waals surface area (Å²) in [6.07, 6.45) is -0.312. The van der Waals surface area contributed by atoms with Gasteiger partial charge in [0.05, 0.1) is 18.8 Å². The predicted octanol–water partition coefficient (Wildman–Crippen LogP) is 2.98. The molecule has 1 rings (SSSR count). The summed E-state index contributed by atoms with van der Waals surface area (Å²) in [5, 5.41) is 0. The average Bonchev–Trinajstić information content (AvgIpc) is 2.33. The van der Waals surface area contributed by atoms with Crippen LogP contribution in [0.3, 0.4) is 0 Å². The summed E-state index contributed by atoms with van der Waals surface area (Å²) in [7, 11) is 0. The SMILES string of the molecule is C=C(C)CN(CC1OC(C)C(C)C(C)O1)C(=O)C(Cl)Cl. The molecule has 1 heterocycles. The molecule has 1 saturated heterocycles. The van der Waals surface area contributed by atoms with Crippen molar-refractivity contribution in [3.8, 4) is 0 Å². The molecule has 0 aliphatic carbocycles. The number of amides is 1. The summed E-state index contributed by atoms with van der Waals surface area (Å²) < 4.78 is 11.6. The van der Waals surface area contributed by atoms with Gasteiger partial charge in [-0.15, -0.1) is 0 Å². The molecule has 0 aromatic carbocycles. The molecule has 2 unspecified atom stereocenters. The highest BCUT2D eigenvalue weighted by molar-refractivity contribution is 6.53. The van der Waals surface area contributed by atoms with E-state index in [1.165, 1.54) is 4.90 Å². The monoisotopic (exact) mass is 323 g/mol. The molecule has 0 spiro atoms. The van der Waals surface area contributed by atoms with E-state index < -0.39 is 11.1 Å². The summed E-state index contributed by atoms with van der Waals surface area (Å²) in [4.78, 5) is 12.4. The minimum Gasteiger partial charge on any atom is -0.347 e. The van der Waals surface area contributed by atoms with Crippen molar-refractivity contribution < 1.29 is 14.3 Å². The van der Waals surface area contributed by atoms with Gasteiger partial charge in [-0.2, -0.15) is 0 Å². The molecule has 20 heavy (non-hydrogen) atoms. The second kappa shape index (κ2) is 7.64. The van der Waals surface area contributed by atoms with E-state index >= 15 is 0 Å². The molecule has 2 atom stereocenters. The van der Waals surface area contributed by atoms with Crippen LogP contribution in [0.5, 0.6) is 0 Å². The molecule has 0 aromatic heterocycles. The van der Waals surface area contributed by atoms with E-state index in [0.29, 0.717) is 19.0 Å². The summed E-state index contributed by atoms with van der Waals surface area (Å²) in [5.74, 6) is -0.0483. The van der Waals surface area contributed by atoms with Crippen molar-refractivity contribution in [1.29, 1.82) is 0 Å². The van der Waals surface area contributed by atoms with Crippen LogP contribution < -0.4 is 0 Å². The lowest BCUT2D eigenvalue weighted by Gasteiger charge is -2.39. The highest BCUT2D eigenvalue weighted by Gasteiger charge is 2.34. The molecular weight excluding hydrogens is 301 g/mol. The lowest BCUT2D eigenvalue weighted by atomic mass is 9.99. The van der Waals surface area contributed by atoms with Crippen LogP contribution in [-0.2, 0) is 14.3 Å². The van der Waals surface area contributed by atoms with Crippen LogP contribution in [0.15, 0.2) is 12.2 Å². The molecule has 0 radical (unpaired) electrons. The van der Waals surface area contributed by atoms with Crippen LogP contribution in [0.4, 0.5) is 0 Å². The molecule has 1 fully saturated rings. The van der Waals surface area contributed by atoms with Crippen molar-refractivity contribution in [3.63, 3.8) is 0 Å². The molecule has 4 nitrogen and oxygen atoms in total. The van der Waals surface area contributed by atoms with Gasteiger partial charge in [-0.25, -0.2) is 0 Å². The average molecular weight is 324 g/mol. The number of nitrogens with zero attached hydrogens (tertiary/aromatic N) is 1. The van der Waals surface area contributed by atoms with Gasteiger partial charge >= 0.3 is 0 Å². The van der Waals surface area contributed by atoms with E-state index in [1.807, 2.05) is 20.8 Å². The Balaban J connectivity index is 2.69. The summed E-state index contributed by atoms with van der Waals surface area (Å²) >= 11 is 11.3. The zero-order valence-corrected chi connectivity index (χ0v) is 13.9. The molecule has 116 valence electrons. The molecule has 1 amide bonds. The smallest absolute Gasteiger partial charge is 0.256 e. The van der Waals surface area contributed by atoms with Gasteiger partial charge in [-0.3, -0.25) is 4.79 Å². The van der Waals surface area contributed by atoms with E-state index in [4.69, 9.17) is 32.7 Å². The lowest BCUT2D eigenvalue weighted by Crippen LogP contribution is -2.49. The van der Waals surface area contributed by atoms with Gasteiger partial charge in [0.1, 0.15) is 0 Å². The van der Waals surface area contributed by atoms with Gasteiger partial charge in [0, 0.05) is 12.5 Å². The van der Waals surface area contributed by atoms with E-state index in [0.717, 1.165) is 5.57 Å². The zero-order valence-electron chi connectivity index (χ0n) is 12.4. The van der Waals surface area contributed by atoms with Gasteiger partial charge in [0.2, 0.25) is 0 Å². The van der Waals surface area contributed by atoms with Crippen LogP contribution in [0.25, 0.3) is 0 Å². The maximum absolute atomic E-state index is 12.0. The predicted molar refractivity (Wildman–Crippen MR) is 80.9 cm³/mol. The Morgan fingerprint density at radius 2 is 1.75 bits per heavy atom. The fraction of sp³-hybridized carbons (Fsp3) is 0.786. The van der Waals surface area contributed by atoms with Gasteiger partial charge < -0.3 is 14.4 Å². The fourth-order valence-electron chi connectivity index (χ4n) is 2.10. The maximum atomic E-state index is 12.0. The third-order valence-corrected chi connectivity index (χ3v) is 3.92. The highest BCUT2D eigenvalue weighted by atomic mass is 35.5. The zero-order chi connectivity index (χ0) is 15.4. The summed E-state index contributed by atoms with van der Waals surface area (Å²) in [5.41, 5.74) is 0.845. The first-order valence-electron chi connectivity index (χ1n) is 6.74. The number of rotatable bonds is 5. The first-order valence-corrected chi connectivity index (χ1v) is 7.62. The number of carbonyl (C=O) groups excluding carboxylic acids is 1. The molecule has 6 heteroatoms. The Morgan fingerprint density at radius 1 is 1.25 bits per heavy atom. The Kier molecular flexibility index (Phi) is 6.79. The molecule has 0 bridgehead atoms. The van der Waals surface area contributed by atoms with Crippen LogP contribution in [-0.4, -0.2) is 47.2 Å². The first-order chi connectivity index (χ1) is 9.22. The molecule has 0 aromatic rings. The maximum Gasteiger partial charge on any atom is 0.256 e. The molecule has 1 aliphatic rings. The lowest BCUT2D eigenvalue weighted by molar-refractivity contribution is -0.260. The van der Waals surface area contributed by atoms with Gasteiger partial charge in [0.15, 0.2) is 11.1 Å². The van der Waals surface area contributed by atoms with Crippen molar-refractivity contribution in [2.24, 2.45) is 5.92 Å². The molecule has 0 saturated carbocycles. The minimum absolute atomic E-state index is 0.0772. The standard InChI is InChI=1S/C14H23Cl2NO3/c1-8(2)6-17(14(18)13(15)16)7-12-19-10(4)9(3)11(5)20-12/h9-13H,1,6-7H2,2-5H3. The third-order valence-electron chi connectivity index (χ3n) is 3.54. The third kappa shape index (κ3) is 4.92. The fourth-order valence-corrected chi connectivity index (χ4v) is 2.38. The quantitative estimate of drug-likeness (QED) is 0.576. The van der Waals surface area contributed by atoms with Crippen molar-refractivity contribution in [2.75, 3.05) is 13.1 Å². The van der Waals surface area contributed by atoms with E-state index in [1.54, 1.807) is 0 Å². The van der Waals surface area contributed by atoms with Crippen LogP contribution in [0.1, 0.15) is 27.7 Å². The van der Waals surface area contributed by atoms with E-state index in [9.17, 15) is 4.79 Å². The van der Waals surface area contributed by atoms with Crippen molar-refractivity contribution in [2.45, 2.75) is 51.0 Å². The number of hydrogen-bond donors (Lipinski definition) is 0. The van der Waals surface area contributed by atoms with Crippen LogP contribution in [0.2, 0.25) is 0 Å². The molecule has 1 aliphatic heterocycles. The second-order valence-electron chi connectivity index (χ2n) is 5.45. The minimum atomic E-state index is -1.09. The van der Waals surface area contributed by atoms with Crippen molar-refractivity contribution >= 4 is 29.1 Å². The Labute approximate surface area is 131 Å². The molecular formula is C14H23Cl2NO3. The van der Waals surface area contributed by atoms with Crippen molar-refractivity contribution in [3.05, 3.63) is 12.2 Å². The number of carbonyl (C=O) groups is 1. The van der Waals surface area contributed by atoms with E-state index in [2.05, 4.69) is 13.5 Å². The number of alkyl halides is 2. The highest BCUT2D eigenvalue weighted by Crippen LogP contribution is 2.25.